The van der Waals surface area contributed by atoms with Crippen molar-refractivity contribution in [3.63, 3.8) is 0 Å². The quantitative estimate of drug-likeness (QED) is 0.644. The molecule has 1 fully saturated rings. The van der Waals surface area contributed by atoms with Crippen LogP contribution in [0.2, 0.25) is 0 Å². The predicted octanol–water partition coefficient (Wildman–Crippen LogP) is -0.538. The van der Waals surface area contributed by atoms with Gasteiger partial charge in [0.05, 0.1) is 6.54 Å². The fourth-order valence-corrected chi connectivity index (χ4v) is 1.65. The molecule has 3 N–H and O–H groups in total. The molecule has 1 saturated heterocycles. The van der Waals surface area contributed by atoms with E-state index in [1.165, 1.54) is 0 Å². The second kappa shape index (κ2) is 5.70. The van der Waals surface area contributed by atoms with Crippen LogP contribution in [0.5, 0.6) is 0 Å². The van der Waals surface area contributed by atoms with E-state index in [4.69, 9.17) is 5.73 Å². The number of nitrogens with one attached hydrogen (secondary N) is 1. The van der Waals surface area contributed by atoms with E-state index in [9.17, 15) is 9.59 Å². The topological polar surface area (TPSA) is 75.4 Å². The van der Waals surface area contributed by atoms with Crippen molar-refractivity contribution in [3.8, 4) is 0 Å². The first-order chi connectivity index (χ1) is 7.17. The minimum atomic E-state index is -0.109. The van der Waals surface area contributed by atoms with Crippen LogP contribution in [0.25, 0.3) is 0 Å². The van der Waals surface area contributed by atoms with Gasteiger partial charge in [0.25, 0.3) is 0 Å². The van der Waals surface area contributed by atoms with E-state index in [1.807, 2.05) is 6.92 Å². The maximum atomic E-state index is 11.5. The fraction of sp³-hybridized carbons (Fsp3) is 0.800. The van der Waals surface area contributed by atoms with Crippen LogP contribution in [0.15, 0.2) is 0 Å². The molecule has 1 heterocycles. The molecular formula is C10H19N3O2. The van der Waals surface area contributed by atoms with Gasteiger partial charge in [0.15, 0.2) is 0 Å². The van der Waals surface area contributed by atoms with Gasteiger partial charge in [0.2, 0.25) is 11.8 Å². The Hall–Kier alpha value is -1.10. The third-order valence-corrected chi connectivity index (χ3v) is 2.65. The molecule has 0 aromatic heterocycles. The number of rotatable bonds is 5. The minimum Gasteiger partial charge on any atom is -0.351 e. The number of hydrogen-bond donors (Lipinski definition) is 2. The minimum absolute atomic E-state index is 0.0233. The van der Waals surface area contributed by atoms with E-state index >= 15 is 0 Å². The molecule has 86 valence electrons. The summed E-state index contributed by atoms with van der Waals surface area (Å²) in [5.41, 5.74) is 5.47. The highest BCUT2D eigenvalue weighted by molar-refractivity contribution is 5.85. The highest BCUT2D eigenvalue weighted by atomic mass is 16.2. The van der Waals surface area contributed by atoms with Crippen molar-refractivity contribution in [1.82, 2.24) is 10.2 Å². The molecule has 15 heavy (non-hydrogen) atoms. The Balaban J connectivity index is 2.31. The lowest BCUT2D eigenvalue weighted by molar-refractivity contribution is -0.133. The first-order valence-corrected chi connectivity index (χ1v) is 5.44. The van der Waals surface area contributed by atoms with Gasteiger partial charge >= 0.3 is 0 Å². The molecule has 0 radical (unpaired) electrons. The highest BCUT2D eigenvalue weighted by Gasteiger charge is 2.22. The predicted molar refractivity (Wildman–Crippen MR) is 57.1 cm³/mol. The summed E-state index contributed by atoms with van der Waals surface area (Å²) >= 11 is 0. The van der Waals surface area contributed by atoms with E-state index in [-0.39, 0.29) is 24.4 Å². The van der Waals surface area contributed by atoms with Gasteiger partial charge in [0, 0.05) is 25.6 Å². The second-order valence-corrected chi connectivity index (χ2v) is 3.83. The Kier molecular flexibility index (Phi) is 4.55. The Bertz CT molecular complexity index is 239. The molecule has 1 aliphatic heterocycles. The van der Waals surface area contributed by atoms with Crippen molar-refractivity contribution in [3.05, 3.63) is 0 Å². The molecule has 0 aromatic carbocycles. The molecule has 0 bridgehead atoms. The van der Waals surface area contributed by atoms with E-state index in [2.05, 4.69) is 5.32 Å². The van der Waals surface area contributed by atoms with E-state index in [0.717, 1.165) is 12.8 Å². The Labute approximate surface area is 90.0 Å². The summed E-state index contributed by atoms with van der Waals surface area (Å²) in [6, 6.07) is 0.0233. The highest BCUT2D eigenvalue weighted by Crippen LogP contribution is 2.08. The average molecular weight is 213 g/mol. The third-order valence-electron chi connectivity index (χ3n) is 2.65. The maximum Gasteiger partial charge on any atom is 0.239 e. The van der Waals surface area contributed by atoms with Crippen molar-refractivity contribution >= 4 is 11.8 Å². The smallest absolute Gasteiger partial charge is 0.239 e. The zero-order chi connectivity index (χ0) is 11.3. The number of nitrogens with two attached hydrogens (primary N) is 1. The molecule has 1 aliphatic rings. The van der Waals surface area contributed by atoms with Crippen LogP contribution in [0.1, 0.15) is 26.2 Å². The van der Waals surface area contributed by atoms with Crippen LogP contribution < -0.4 is 11.1 Å². The van der Waals surface area contributed by atoms with Crippen molar-refractivity contribution in [2.75, 3.05) is 19.6 Å². The van der Waals surface area contributed by atoms with Crippen molar-refractivity contribution < 1.29 is 9.59 Å². The zero-order valence-electron chi connectivity index (χ0n) is 9.16. The van der Waals surface area contributed by atoms with E-state index < -0.39 is 0 Å². The van der Waals surface area contributed by atoms with Crippen LogP contribution >= 0.6 is 0 Å². The number of carbonyl (C=O) groups is 2. The van der Waals surface area contributed by atoms with Crippen LogP contribution in [-0.4, -0.2) is 42.4 Å². The standard InChI is InChI=1S/C10H19N3O2/c1-2-8(6-11)12-9(14)7-13-5-3-4-10(13)15/h8H,2-7,11H2,1H3,(H,12,14). The van der Waals surface area contributed by atoms with Gasteiger partial charge in [-0.05, 0) is 12.8 Å². The second-order valence-electron chi connectivity index (χ2n) is 3.83. The summed E-state index contributed by atoms with van der Waals surface area (Å²) < 4.78 is 0. The number of amides is 2. The normalized spacial score (nSPS) is 18.0. The maximum absolute atomic E-state index is 11.5. The van der Waals surface area contributed by atoms with E-state index in [0.29, 0.717) is 19.5 Å². The summed E-state index contributed by atoms with van der Waals surface area (Å²) in [5.74, 6) is -0.0338. The van der Waals surface area contributed by atoms with Crippen LogP contribution in [0.4, 0.5) is 0 Å². The van der Waals surface area contributed by atoms with Crippen LogP contribution in [-0.2, 0) is 9.59 Å². The van der Waals surface area contributed by atoms with E-state index in [1.54, 1.807) is 4.90 Å². The van der Waals surface area contributed by atoms with Gasteiger partial charge in [-0.1, -0.05) is 6.92 Å². The Morgan fingerprint density at radius 1 is 1.67 bits per heavy atom. The monoisotopic (exact) mass is 213 g/mol. The van der Waals surface area contributed by atoms with Gasteiger partial charge in [-0.25, -0.2) is 0 Å². The Morgan fingerprint density at radius 3 is 2.87 bits per heavy atom. The largest absolute Gasteiger partial charge is 0.351 e. The molecule has 0 saturated carbocycles. The van der Waals surface area contributed by atoms with Crippen LogP contribution in [0.3, 0.4) is 0 Å². The van der Waals surface area contributed by atoms with Crippen molar-refractivity contribution in [2.24, 2.45) is 5.73 Å². The van der Waals surface area contributed by atoms with Gasteiger partial charge in [-0.3, -0.25) is 9.59 Å². The summed E-state index contributed by atoms with van der Waals surface area (Å²) in [4.78, 5) is 24.4. The summed E-state index contributed by atoms with van der Waals surface area (Å²) in [5, 5.41) is 2.81. The number of hydrogen-bond acceptors (Lipinski definition) is 3. The summed E-state index contributed by atoms with van der Waals surface area (Å²) in [7, 11) is 0. The third kappa shape index (κ3) is 3.51. The molecule has 0 aliphatic carbocycles. The van der Waals surface area contributed by atoms with Gasteiger partial charge in [-0.15, -0.1) is 0 Å². The summed E-state index contributed by atoms with van der Waals surface area (Å²) in [6.45, 7) is 3.29. The molecule has 0 aromatic rings. The van der Waals surface area contributed by atoms with Gasteiger partial charge < -0.3 is 16.0 Å². The first kappa shape index (κ1) is 12.0. The number of nitrogens with zero attached hydrogens (tertiary/aromatic N) is 1. The lowest BCUT2D eigenvalue weighted by Gasteiger charge is -2.18. The SMILES string of the molecule is CCC(CN)NC(=O)CN1CCCC1=O. The first-order valence-electron chi connectivity index (χ1n) is 5.44. The fourth-order valence-electron chi connectivity index (χ4n) is 1.65. The molecule has 2 amide bonds. The Morgan fingerprint density at radius 2 is 2.40 bits per heavy atom. The molecule has 0 spiro atoms. The summed E-state index contributed by atoms with van der Waals surface area (Å²) in [6.07, 6.45) is 2.25. The van der Waals surface area contributed by atoms with Gasteiger partial charge in [0.1, 0.15) is 0 Å². The lowest BCUT2D eigenvalue weighted by atomic mass is 10.2. The average Bonchev–Trinajstić information content (AvgIpc) is 2.61. The molecule has 1 unspecified atom stereocenters. The molecule has 1 atom stereocenters. The lowest BCUT2D eigenvalue weighted by Crippen LogP contribution is -2.45. The van der Waals surface area contributed by atoms with Crippen molar-refractivity contribution in [1.29, 1.82) is 0 Å². The van der Waals surface area contributed by atoms with Crippen molar-refractivity contribution in [2.45, 2.75) is 32.2 Å². The number of carbonyl (C=O) groups excluding carboxylic acids is 2. The molecule has 5 heteroatoms. The molecule has 5 nitrogen and oxygen atoms in total. The van der Waals surface area contributed by atoms with Gasteiger partial charge in [-0.2, -0.15) is 0 Å². The molecule has 1 rings (SSSR count). The van der Waals surface area contributed by atoms with Crippen LogP contribution in [0, 0.1) is 0 Å². The molecular weight excluding hydrogens is 194 g/mol. The number of likely N-dealkylation sites (tertiary alicyclic amines) is 1. The zero-order valence-corrected chi connectivity index (χ0v) is 9.16.